The zero-order valence-corrected chi connectivity index (χ0v) is 51.5. The van der Waals surface area contributed by atoms with Crippen molar-refractivity contribution >= 4 is 0 Å². The van der Waals surface area contributed by atoms with Crippen molar-refractivity contribution in [2.45, 2.75) is 275 Å². The third-order valence-corrected chi connectivity index (χ3v) is 25.7. The van der Waals surface area contributed by atoms with Crippen LogP contribution in [0.25, 0.3) is 0 Å². The molecule has 0 radical (unpaired) electrons. The zero-order valence-electron chi connectivity index (χ0n) is 51.5. The fraction of sp³-hybridized carbons (Fsp3) is 0.692. The molecule has 0 N–H and O–H groups in total. The lowest BCUT2D eigenvalue weighted by molar-refractivity contribution is -0.0571. The van der Waals surface area contributed by atoms with Crippen LogP contribution in [0.4, 0.5) is 0 Å². The highest BCUT2D eigenvalue weighted by Crippen LogP contribution is 2.71. The first kappa shape index (κ1) is 56.1. The molecule has 4 nitrogen and oxygen atoms in total. The molecule has 0 saturated heterocycles. The Balaban J connectivity index is 0.789. The maximum Gasteiger partial charge on any atom is 0.120 e. The predicted octanol–water partition coefficient (Wildman–Crippen LogP) is 20.7. The van der Waals surface area contributed by atoms with E-state index in [1.165, 1.54) is 210 Å². The standard InChI is InChI=1S/C78H108N2O2/c1-4-54-28-44-66(45-29-54)82-68-48-37-60(38-49-68)78(59-35-46-67(47-36-59)81-65-22-12-7-13-23-65)73-26-16-14-24-69(73)70-50-43-64(53-74(70)78)79(63-41-33-58(34-42-63)77(2,3)57-18-8-5-9-19-57)62-39-30-55(31-40-62)56-32-51-76-72(52-56)71-25-15-17-27-75(71)80(76)61-20-10-6-11-21-61/h4-5,8,18,22,27-28,33,35-36,39,41,46,53,55-56,58,60-61,63,66-71,73-74H,1,6-7,9-17,19-21,23-26,29-32,34,37-38,40,42-45,47-52H2,2-3H3. The molecule has 1 heterocycles. The second-order valence-electron chi connectivity index (χ2n) is 30.1. The van der Waals surface area contributed by atoms with E-state index >= 15 is 0 Å². The average Bonchev–Trinajstić information content (AvgIpc) is 2.12. The second-order valence-corrected chi connectivity index (χ2v) is 30.1. The highest BCUT2D eigenvalue weighted by molar-refractivity contribution is 5.42. The summed E-state index contributed by atoms with van der Waals surface area (Å²) in [6.07, 6.45) is 83.8. The van der Waals surface area contributed by atoms with Gasteiger partial charge in [-0.2, -0.15) is 0 Å². The highest BCUT2D eigenvalue weighted by atomic mass is 16.5. The monoisotopic (exact) mass is 1100 g/mol. The van der Waals surface area contributed by atoms with Crippen LogP contribution in [-0.4, -0.2) is 40.2 Å². The van der Waals surface area contributed by atoms with Crippen LogP contribution in [0.2, 0.25) is 0 Å². The molecular formula is C78H108N2O2. The van der Waals surface area contributed by atoms with Gasteiger partial charge in [-0.25, -0.2) is 0 Å². The van der Waals surface area contributed by atoms with Gasteiger partial charge in [0, 0.05) is 53.0 Å². The van der Waals surface area contributed by atoms with Gasteiger partial charge in [0.25, 0.3) is 0 Å². The first-order chi connectivity index (χ1) is 40.3. The van der Waals surface area contributed by atoms with E-state index in [-0.39, 0.29) is 16.9 Å². The average molecular weight is 1110 g/mol. The minimum Gasteiger partial charge on any atom is -0.491 e. The first-order valence-corrected chi connectivity index (χ1v) is 35.5. The first-order valence-electron chi connectivity index (χ1n) is 35.5. The van der Waals surface area contributed by atoms with Crippen LogP contribution >= 0.6 is 0 Å². The van der Waals surface area contributed by atoms with Gasteiger partial charge in [-0.1, -0.05) is 137 Å². The molecule has 12 unspecified atom stereocenters. The Hall–Kier alpha value is -3.76. The fourth-order valence-corrected chi connectivity index (χ4v) is 21.5. The lowest BCUT2D eigenvalue weighted by Crippen LogP contribution is -2.46. The van der Waals surface area contributed by atoms with Gasteiger partial charge in [0.2, 0.25) is 0 Å². The van der Waals surface area contributed by atoms with Gasteiger partial charge >= 0.3 is 0 Å². The van der Waals surface area contributed by atoms with Crippen molar-refractivity contribution in [2.24, 2.45) is 64.1 Å². The minimum absolute atomic E-state index is 0.163. The van der Waals surface area contributed by atoms with Crippen LogP contribution in [0.5, 0.6) is 0 Å². The van der Waals surface area contributed by atoms with Gasteiger partial charge in [-0.05, 0) is 262 Å². The lowest BCUT2D eigenvalue weighted by Gasteiger charge is -2.52. The van der Waals surface area contributed by atoms with E-state index in [0.717, 1.165) is 73.7 Å². The van der Waals surface area contributed by atoms with Crippen molar-refractivity contribution in [1.82, 2.24) is 9.80 Å². The second kappa shape index (κ2) is 24.5. The van der Waals surface area contributed by atoms with E-state index in [2.05, 4.69) is 115 Å². The molecule has 4 saturated carbocycles. The highest BCUT2D eigenvalue weighted by Gasteiger charge is 2.64. The smallest absolute Gasteiger partial charge is 0.120 e. The summed E-state index contributed by atoms with van der Waals surface area (Å²) >= 11 is 0. The van der Waals surface area contributed by atoms with E-state index in [0.29, 0.717) is 36.0 Å². The molecule has 0 bridgehead atoms. The van der Waals surface area contributed by atoms with E-state index in [1.54, 1.807) is 28.2 Å². The molecule has 14 rings (SSSR count). The number of allylic oxidation sites excluding steroid dienone is 18. The number of hydrogen-bond donors (Lipinski definition) is 0. The van der Waals surface area contributed by atoms with Gasteiger partial charge < -0.3 is 19.3 Å². The number of rotatable bonds is 14. The SMILES string of the molecule is C=CC1=CCC(OC2CCC(C3(C4=CCC(OC5=CCCCC5)C=C4)C4C=C(N(C5=CCC(C6CCC7=C(C6)C6CCCC=C6N7C6CCCCC6)CC5)C5C=CC(C(C)(C)C6=CC=CCC6)CC5)CCC4C4CCCCC43)CC2)CC1. The minimum atomic E-state index is 0.163. The molecule has 12 atom stereocenters. The van der Waals surface area contributed by atoms with Crippen molar-refractivity contribution in [3.8, 4) is 0 Å². The quantitative estimate of drug-likeness (QED) is 0.162. The Morgan fingerprint density at radius 2 is 1.50 bits per heavy atom. The predicted molar refractivity (Wildman–Crippen MR) is 340 cm³/mol. The molecule has 0 aromatic heterocycles. The van der Waals surface area contributed by atoms with Gasteiger partial charge in [0.05, 0.1) is 24.0 Å². The van der Waals surface area contributed by atoms with Crippen molar-refractivity contribution in [3.63, 3.8) is 0 Å². The van der Waals surface area contributed by atoms with Crippen LogP contribution in [-0.2, 0) is 9.47 Å². The summed E-state index contributed by atoms with van der Waals surface area (Å²) in [7, 11) is 0. The van der Waals surface area contributed by atoms with Crippen molar-refractivity contribution < 1.29 is 9.47 Å². The number of hydrogen-bond acceptors (Lipinski definition) is 4. The Morgan fingerprint density at radius 3 is 2.26 bits per heavy atom. The lowest BCUT2D eigenvalue weighted by atomic mass is 9.52. The van der Waals surface area contributed by atoms with E-state index in [1.807, 2.05) is 11.3 Å². The van der Waals surface area contributed by atoms with Crippen LogP contribution in [0.15, 0.2) is 142 Å². The maximum absolute atomic E-state index is 7.10. The van der Waals surface area contributed by atoms with Crippen LogP contribution in [0, 0.1) is 64.1 Å². The van der Waals surface area contributed by atoms with Crippen LogP contribution < -0.4 is 0 Å². The number of fused-ring (bicyclic) bond motifs is 5. The molecule has 4 heteroatoms. The third kappa shape index (κ3) is 10.8. The Labute approximate surface area is 498 Å². The number of ether oxygens (including phenoxy) is 2. The van der Waals surface area contributed by atoms with Crippen LogP contribution in [0.3, 0.4) is 0 Å². The summed E-state index contributed by atoms with van der Waals surface area (Å²) < 4.78 is 14.0. The van der Waals surface area contributed by atoms with E-state index in [4.69, 9.17) is 9.47 Å². The number of nitrogens with zero attached hydrogens (tertiary/aromatic N) is 2. The molecule has 14 aliphatic rings. The fourth-order valence-electron chi connectivity index (χ4n) is 21.5. The summed E-state index contributed by atoms with van der Waals surface area (Å²) in [6.45, 7) is 9.22. The third-order valence-electron chi connectivity index (χ3n) is 25.7. The van der Waals surface area contributed by atoms with Crippen molar-refractivity contribution in [2.75, 3.05) is 0 Å². The molecule has 0 aromatic carbocycles. The largest absolute Gasteiger partial charge is 0.491 e. The summed E-state index contributed by atoms with van der Waals surface area (Å²) in [6, 6.07) is 1.21. The molecule has 0 amide bonds. The topological polar surface area (TPSA) is 24.9 Å². The Bertz CT molecular complexity index is 2700. The molecule has 13 aliphatic carbocycles. The maximum atomic E-state index is 7.10. The summed E-state index contributed by atoms with van der Waals surface area (Å²) in [5.74, 6) is 7.85. The van der Waals surface area contributed by atoms with Gasteiger partial charge in [0.1, 0.15) is 6.10 Å². The van der Waals surface area contributed by atoms with Crippen molar-refractivity contribution in [3.05, 3.63) is 142 Å². The molecule has 0 spiro atoms. The van der Waals surface area contributed by atoms with Gasteiger partial charge in [-0.15, -0.1) is 0 Å². The molecule has 0 aromatic rings. The summed E-state index contributed by atoms with van der Waals surface area (Å²) in [5.41, 5.74) is 14.0. The van der Waals surface area contributed by atoms with Gasteiger partial charge in [-0.3, -0.25) is 0 Å². The molecule has 82 heavy (non-hydrogen) atoms. The van der Waals surface area contributed by atoms with E-state index in [9.17, 15) is 0 Å². The Kier molecular flexibility index (Phi) is 16.8. The van der Waals surface area contributed by atoms with Crippen molar-refractivity contribution in [1.29, 1.82) is 0 Å². The summed E-state index contributed by atoms with van der Waals surface area (Å²) in [5, 5.41) is 0. The molecule has 4 fully saturated rings. The molecule has 1 aliphatic heterocycles. The Morgan fingerprint density at radius 1 is 0.646 bits per heavy atom. The van der Waals surface area contributed by atoms with Crippen LogP contribution in [0.1, 0.15) is 245 Å². The van der Waals surface area contributed by atoms with Gasteiger partial charge in [0.15, 0.2) is 0 Å². The molecular weight excluding hydrogens is 997 g/mol. The summed E-state index contributed by atoms with van der Waals surface area (Å²) in [4.78, 5) is 6.07. The zero-order chi connectivity index (χ0) is 55.2. The molecule has 442 valence electrons. The van der Waals surface area contributed by atoms with E-state index < -0.39 is 0 Å². The normalized spacial score (nSPS) is 38.8.